The van der Waals surface area contributed by atoms with E-state index in [0.717, 1.165) is 12.8 Å². The van der Waals surface area contributed by atoms with Gasteiger partial charge in [-0.1, -0.05) is 0 Å². The number of aliphatic carboxylic acids is 1. The van der Waals surface area contributed by atoms with E-state index >= 15 is 0 Å². The highest BCUT2D eigenvalue weighted by molar-refractivity contribution is 9.10. The topological polar surface area (TPSA) is 76.1 Å². The molecule has 1 aliphatic heterocycles. The van der Waals surface area contributed by atoms with Gasteiger partial charge in [0.15, 0.2) is 11.5 Å². The monoisotopic (exact) mass is 355 g/mol. The Morgan fingerprint density at radius 3 is 2.67 bits per heavy atom. The molecule has 1 fully saturated rings. The fraction of sp³-hybridized carbons (Fsp3) is 0.429. The predicted molar refractivity (Wildman–Crippen MR) is 76.8 cm³/mol. The van der Waals surface area contributed by atoms with Gasteiger partial charge in [0.1, 0.15) is 19.8 Å². The zero-order valence-electron chi connectivity index (χ0n) is 11.2. The van der Waals surface area contributed by atoms with Crippen molar-refractivity contribution in [3.63, 3.8) is 0 Å². The van der Waals surface area contributed by atoms with E-state index in [1.54, 1.807) is 12.1 Å². The number of nitrogens with zero attached hydrogens (tertiary/aromatic N) is 1. The van der Waals surface area contributed by atoms with Crippen LogP contribution in [0.15, 0.2) is 16.6 Å². The molecule has 1 aromatic carbocycles. The molecule has 112 valence electrons. The molecule has 1 amide bonds. The largest absolute Gasteiger partial charge is 0.486 e. The van der Waals surface area contributed by atoms with Crippen molar-refractivity contribution in [2.75, 3.05) is 19.8 Å². The van der Waals surface area contributed by atoms with Crippen molar-refractivity contribution < 1.29 is 24.2 Å². The molecular formula is C14H14BrNO5. The van der Waals surface area contributed by atoms with Gasteiger partial charge in [0, 0.05) is 11.6 Å². The molecular weight excluding hydrogens is 342 g/mol. The Morgan fingerprint density at radius 2 is 2.00 bits per heavy atom. The molecule has 2 aliphatic rings. The van der Waals surface area contributed by atoms with Crippen LogP contribution in [-0.2, 0) is 4.79 Å². The third-order valence-corrected chi connectivity index (χ3v) is 3.99. The number of carbonyl (C=O) groups excluding carboxylic acids is 1. The van der Waals surface area contributed by atoms with Crippen LogP contribution in [-0.4, -0.2) is 47.7 Å². The highest BCUT2D eigenvalue weighted by atomic mass is 79.9. The van der Waals surface area contributed by atoms with E-state index in [0.29, 0.717) is 34.7 Å². The fourth-order valence-corrected chi connectivity index (χ4v) is 2.86. The van der Waals surface area contributed by atoms with Crippen molar-refractivity contribution in [2.45, 2.75) is 18.9 Å². The van der Waals surface area contributed by atoms with E-state index in [1.807, 2.05) is 0 Å². The van der Waals surface area contributed by atoms with Crippen LogP contribution in [0.25, 0.3) is 0 Å². The number of hydrogen-bond donors (Lipinski definition) is 1. The first-order valence-corrected chi connectivity index (χ1v) is 7.47. The van der Waals surface area contributed by atoms with Crippen molar-refractivity contribution in [3.05, 3.63) is 22.2 Å². The van der Waals surface area contributed by atoms with Crippen molar-refractivity contribution in [2.24, 2.45) is 0 Å². The van der Waals surface area contributed by atoms with Crippen LogP contribution in [0.1, 0.15) is 23.2 Å². The molecule has 0 radical (unpaired) electrons. The molecule has 0 bridgehead atoms. The molecule has 0 saturated heterocycles. The van der Waals surface area contributed by atoms with Gasteiger partial charge in [-0.25, -0.2) is 0 Å². The molecule has 1 aromatic rings. The van der Waals surface area contributed by atoms with Crippen LogP contribution >= 0.6 is 15.9 Å². The summed E-state index contributed by atoms with van der Waals surface area (Å²) in [7, 11) is 0. The van der Waals surface area contributed by atoms with Crippen LogP contribution < -0.4 is 9.47 Å². The standard InChI is InChI=1S/C14H14BrNO5/c15-10-5-8(6-11-13(10)21-4-3-20-11)14(19)16(7-12(17)18)9-1-2-9/h5-6,9H,1-4,7H2,(H,17,18). The average molecular weight is 356 g/mol. The lowest BCUT2D eigenvalue weighted by Crippen LogP contribution is -2.37. The lowest BCUT2D eigenvalue weighted by atomic mass is 10.1. The van der Waals surface area contributed by atoms with Gasteiger partial charge in [-0.2, -0.15) is 0 Å². The van der Waals surface area contributed by atoms with E-state index in [4.69, 9.17) is 14.6 Å². The van der Waals surface area contributed by atoms with Gasteiger partial charge in [0.2, 0.25) is 0 Å². The Bertz CT molecular complexity index is 599. The van der Waals surface area contributed by atoms with E-state index in [-0.39, 0.29) is 18.5 Å². The summed E-state index contributed by atoms with van der Waals surface area (Å²) in [6.45, 7) is 0.611. The van der Waals surface area contributed by atoms with Gasteiger partial charge in [0.25, 0.3) is 5.91 Å². The van der Waals surface area contributed by atoms with Crippen molar-refractivity contribution in [1.29, 1.82) is 0 Å². The Balaban J connectivity index is 1.89. The fourth-order valence-electron chi connectivity index (χ4n) is 2.30. The third kappa shape index (κ3) is 2.97. The summed E-state index contributed by atoms with van der Waals surface area (Å²) in [6.07, 6.45) is 1.70. The molecule has 1 heterocycles. The quantitative estimate of drug-likeness (QED) is 0.892. The number of carbonyl (C=O) groups is 2. The van der Waals surface area contributed by atoms with Crippen molar-refractivity contribution in [1.82, 2.24) is 4.90 Å². The number of ether oxygens (including phenoxy) is 2. The summed E-state index contributed by atoms with van der Waals surface area (Å²) >= 11 is 3.36. The first-order chi connectivity index (χ1) is 10.1. The number of hydrogen-bond acceptors (Lipinski definition) is 4. The lowest BCUT2D eigenvalue weighted by Gasteiger charge is -2.23. The number of rotatable bonds is 4. The Labute approximate surface area is 129 Å². The molecule has 0 atom stereocenters. The number of halogens is 1. The summed E-state index contributed by atoms with van der Waals surface area (Å²) < 4.78 is 11.6. The number of carboxylic acid groups (broad SMARTS) is 1. The molecule has 0 aromatic heterocycles. The minimum atomic E-state index is -1.01. The molecule has 7 heteroatoms. The lowest BCUT2D eigenvalue weighted by molar-refractivity contribution is -0.137. The van der Waals surface area contributed by atoms with Crippen LogP contribution in [0, 0.1) is 0 Å². The second kappa shape index (κ2) is 5.55. The minimum Gasteiger partial charge on any atom is -0.486 e. The third-order valence-electron chi connectivity index (χ3n) is 3.40. The number of amides is 1. The Kier molecular flexibility index (Phi) is 3.75. The van der Waals surface area contributed by atoms with Gasteiger partial charge < -0.3 is 19.5 Å². The van der Waals surface area contributed by atoms with Gasteiger partial charge >= 0.3 is 5.97 Å². The summed E-state index contributed by atoms with van der Waals surface area (Å²) in [5.74, 6) is -0.219. The van der Waals surface area contributed by atoms with Gasteiger partial charge in [-0.05, 0) is 40.9 Å². The van der Waals surface area contributed by atoms with E-state index < -0.39 is 5.97 Å². The highest BCUT2D eigenvalue weighted by Gasteiger charge is 2.35. The zero-order chi connectivity index (χ0) is 15.0. The van der Waals surface area contributed by atoms with Crippen molar-refractivity contribution >= 4 is 27.8 Å². The van der Waals surface area contributed by atoms with Crippen LogP contribution in [0.3, 0.4) is 0 Å². The zero-order valence-corrected chi connectivity index (χ0v) is 12.8. The van der Waals surface area contributed by atoms with E-state index in [9.17, 15) is 9.59 Å². The van der Waals surface area contributed by atoms with Gasteiger partial charge in [-0.3, -0.25) is 9.59 Å². The molecule has 0 unspecified atom stereocenters. The highest BCUT2D eigenvalue weighted by Crippen LogP contribution is 2.39. The van der Waals surface area contributed by atoms with Crippen LogP contribution in [0.4, 0.5) is 0 Å². The predicted octanol–water partition coefficient (Wildman–Crippen LogP) is 1.91. The molecule has 0 spiro atoms. The van der Waals surface area contributed by atoms with Gasteiger partial charge in [0.05, 0.1) is 4.47 Å². The molecule has 3 rings (SSSR count). The van der Waals surface area contributed by atoms with E-state index in [2.05, 4.69) is 15.9 Å². The normalized spacial score (nSPS) is 16.4. The van der Waals surface area contributed by atoms with Crippen LogP contribution in [0.2, 0.25) is 0 Å². The van der Waals surface area contributed by atoms with Crippen molar-refractivity contribution in [3.8, 4) is 11.5 Å². The Hall–Kier alpha value is -1.76. The molecule has 1 N–H and O–H groups in total. The SMILES string of the molecule is O=C(O)CN(C(=O)c1cc(Br)c2c(c1)OCCO2)C1CC1. The molecule has 21 heavy (non-hydrogen) atoms. The second-order valence-electron chi connectivity index (χ2n) is 5.04. The second-order valence-corrected chi connectivity index (χ2v) is 5.89. The minimum absolute atomic E-state index is 0.0283. The maximum absolute atomic E-state index is 12.5. The summed E-state index contributed by atoms with van der Waals surface area (Å²) in [5, 5.41) is 8.96. The van der Waals surface area contributed by atoms with E-state index in [1.165, 1.54) is 4.90 Å². The smallest absolute Gasteiger partial charge is 0.323 e. The maximum atomic E-state index is 12.5. The maximum Gasteiger partial charge on any atom is 0.323 e. The molecule has 1 saturated carbocycles. The first-order valence-electron chi connectivity index (χ1n) is 6.68. The summed E-state index contributed by atoms with van der Waals surface area (Å²) in [5.41, 5.74) is 0.402. The Morgan fingerprint density at radius 1 is 1.29 bits per heavy atom. The number of fused-ring (bicyclic) bond motifs is 1. The summed E-state index contributed by atoms with van der Waals surface area (Å²) in [6, 6.07) is 3.28. The summed E-state index contributed by atoms with van der Waals surface area (Å²) in [4.78, 5) is 24.9. The molecule has 1 aliphatic carbocycles. The van der Waals surface area contributed by atoms with Gasteiger partial charge in [-0.15, -0.1) is 0 Å². The van der Waals surface area contributed by atoms with Crippen LogP contribution in [0.5, 0.6) is 11.5 Å². The first kappa shape index (κ1) is 14.2. The molecule has 6 nitrogen and oxygen atoms in total. The number of benzene rings is 1. The number of carboxylic acids is 1. The average Bonchev–Trinajstić information content (AvgIpc) is 3.28.